The summed E-state index contributed by atoms with van der Waals surface area (Å²) in [6.07, 6.45) is 4.35. The molecule has 0 saturated carbocycles. The Hall–Kier alpha value is -2.94. The average molecular weight is 328 g/mol. The van der Waals surface area contributed by atoms with E-state index in [0.29, 0.717) is 6.42 Å². The van der Waals surface area contributed by atoms with Crippen LogP contribution in [-0.2, 0) is 12.8 Å². The third-order valence-corrected chi connectivity index (χ3v) is 4.64. The minimum atomic E-state index is 0.00955. The third-order valence-electron chi connectivity index (χ3n) is 4.64. The van der Waals surface area contributed by atoms with Crippen LogP contribution in [-0.4, -0.2) is 9.97 Å². The highest BCUT2D eigenvalue weighted by Crippen LogP contribution is 2.22. The van der Waals surface area contributed by atoms with Gasteiger partial charge in [-0.1, -0.05) is 55.8 Å². The van der Waals surface area contributed by atoms with Gasteiger partial charge in [-0.2, -0.15) is 0 Å². The number of fused-ring (bicyclic) bond motifs is 2. The van der Waals surface area contributed by atoms with Crippen LogP contribution in [0.15, 0.2) is 65.6 Å². The molecule has 0 atom stereocenters. The van der Waals surface area contributed by atoms with Crippen LogP contribution in [0.3, 0.4) is 0 Å². The summed E-state index contributed by atoms with van der Waals surface area (Å²) in [5.74, 6) is 0. The van der Waals surface area contributed by atoms with E-state index in [4.69, 9.17) is 0 Å². The van der Waals surface area contributed by atoms with Crippen molar-refractivity contribution in [1.82, 2.24) is 9.97 Å². The second-order valence-corrected chi connectivity index (χ2v) is 6.42. The highest BCUT2D eigenvalue weighted by Gasteiger charge is 2.11. The standard InChI is InChI=1S/C22H20N2O/c1-2-7-21-18-10-5-4-9-17(18)19(22(25)24-21)13-15-12-16-8-3-6-11-20(16)23-14-15/h3-6,8-12,14H,2,7,13H2,1H3,(H,24,25). The van der Waals surface area contributed by atoms with E-state index in [-0.39, 0.29) is 5.56 Å². The summed E-state index contributed by atoms with van der Waals surface area (Å²) in [5.41, 5.74) is 3.88. The molecule has 0 aliphatic heterocycles. The van der Waals surface area contributed by atoms with Gasteiger partial charge in [0.05, 0.1) is 5.52 Å². The molecule has 0 spiro atoms. The summed E-state index contributed by atoms with van der Waals surface area (Å²) in [5, 5.41) is 3.29. The maximum absolute atomic E-state index is 12.7. The van der Waals surface area contributed by atoms with Gasteiger partial charge in [-0.3, -0.25) is 9.78 Å². The van der Waals surface area contributed by atoms with Crippen LogP contribution in [0, 0.1) is 0 Å². The molecule has 0 aliphatic carbocycles. The summed E-state index contributed by atoms with van der Waals surface area (Å²) >= 11 is 0. The number of hydrogen-bond donors (Lipinski definition) is 1. The van der Waals surface area contributed by atoms with Crippen molar-refractivity contribution >= 4 is 21.7 Å². The van der Waals surface area contributed by atoms with E-state index >= 15 is 0 Å². The lowest BCUT2D eigenvalue weighted by molar-refractivity contribution is 0.881. The highest BCUT2D eigenvalue weighted by molar-refractivity contribution is 5.88. The number of benzene rings is 2. The summed E-state index contributed by atoms with van der Waals surface area (Å²) in [6, 6.07) is 18.3. The van der Waals surface area contributed by atoms with Crippen LogP contribution in [0.2, 0.25) is 0 Å². The molecule has 4 rings (SSSR count). The lowest BCUT2D eigenvalue weighted by Crippen LogP contribution is -2.16. The first-order valence-electron chi connectivity index (χ1n) is 8.72. The van der Waals surface area contributed by atoms with Crippen molar-refractivity contribution in [2.45, 2.75) is 26.2 Å². The summed E-state index contributed by atoms with van der Waals surface area (Å²) < 4.78 is 0. The molecule has 4 aromatic rings. The Morgan fingerprint density at radius 2 is 1.76 bits per heavy atom. The fourth-order valence-corrected chi connectivity index (χ4v) is 3.45. The minimum Gasteiger partial charge on any atom is -0.325 e. The number of aromatic nitrogens is 2. The van der Waals surface area contributed by atoms with Crippen LogP contribution in [0.4, 0.5) is 0 Å². The highest BCUT2D eigenvalue weighted by atomic mass is 16.1. The zero-order chi connectivity index (χ0) is 17.2. The Labute approximate surface area is 146 Å². The topological polar surface area (TPSA) is 45.8 Å². The van der Waals surface area contributed by atoms with Gasteiger partial charge in [0.1, 0.15) is 0 Å². The molecular formula is C22H20N2O. The van der Waals surface area contributed by atoms with E-state index in [2.05, 4.69) is 35.1 Å². The Bertz CT molecular complexity index is 1110. The van der Waals surface area contributed by atoms with Crippen LogP contribution < -0.4 is 5.56 Å². The van der Waals surface area contributed by atoms with E-state index in [1.165, 1.54) is 0 Å². The van der Waals surface area contributed by atoms with Crippen molar-refractivity contribution in [2.24, 2.45) is 0 Å². The number of nitrogens with one attached hydrogen (secondary N) is 1. The molecule has 0 unspecified atom stereocenters. The first-order valence-corrected chi connectivity index (χ1v) is 8.72. The van der Waals surface area contributed by atoms with E-state index in [0.717, 1.165) is 51.3 Å². The molecule has 0 radical (unpaired) electrons. The van der Waals surface area contributed by atoms with E-state index < -0.39 is 0 Å². The normalized spacial score (nSPS) is 11.2. The van der Waals surface area contributed by atoms with Crippen LogP contribution in [0.5, 0.6) is 0 Å². The lowest BCUT2D eigenvalue weighted by atomic mass is 9.98. The Balaban J connectivity index is 1.84. The number of hydrogen-bond acceptors (Lipinski definition) is 2. The molecule has 0 bridgehead atoms. The molecule has 0 fully saturated rings. The number of aromatic amines is 1. The molecule has 3 nitrogen and oxygen atoms in total. The van der Waals surface area contributed by atoms with E-state index in [1.807, 2.05) is 42.6 Å². The minimum absolute atomic E-state index is 0.00955. The predicted molar refractivity (Wildman–Crippen MR) is 103 cm³/mol. The molecule has 0 aliphatic rings. The van der Waals surface area contributed by atoms with Gasteiger partial charge in [-0.25, -0.2) is 0 Å². The first kappa shape index (κ1) is 15.6. The van der Waals surface area contributed by atoms with Gasteiger partial charge in [0.2, 0.25) is 0 Å². The Kier molecular flexibility index (Phi) is 4.06. The smallest absolute Gasteiger partial charge is 0.252 e. The van der Waals surface area contributed by atoms with Crippen molar-refractivity contribution in [2.75, 3.05) is 0 Å². The summed E-state index contributed by atoms with van der Waals surface area (Å²) in [6.45, 7) is 2.13. The van der Waals surface area contributed by atoms with Gasteiger partial charge < -0.3 is 4.98 Å². The van der Waals surface area contributed by atoms with Crippen molar-refractivity contribution in [3.8, 4) is 0 Å². The fraction of sp³-hybridized carbons (Fsp3) is 0.182. The zero-order valence-electron chi connectivity index (χ0n) is 14.3. The Morgan fingerprint density at radius 1 is 1.00 bits per heavy atom. The van der Waals surface area contributed by atoms with Crippen LogP contribution >= 0.6 is 0 Å². The fourth-order valence-electron chi connectivity index (χ4n) is 3.45. The van der Waals surface area contributed by atoms with E-state index in [9.17, 15) is 4.79 Å². The molecule has 124 valence electrons. The first-order chi connectivity index (χ1) is 12.3. The van der Waals surface area contributed by atoms with Crippen molar-refractivity contribution in [3.63, 3.8) is 0 Å². The molecule has 0 amide bonds. The molecule has 3 heteroatoms. The quantitative estimate of drug-likeness (QED) is 0.594. The van der Waals surface area contributed by atoms with Gasteiger partial charge in [0.25, 0.3) is 5.56 Å². The second kappa shape index (κ2) is 6.52. The largest absolute Gasteiger partial charge is 0.325 e. The van der Waals surface area contributed by atoms with Gasteiger partial charge in [0.15, 0.2) is 0 Å². The van der Waals surface area contributed by atoms with Gasteiger partial charge >= 0.3 is 0 Å². The maximum atomic E-state index is 12.7. The van der Waals surface area contributed by atoms with Crippen LogP contribution in [0.25, 0.3) is 21.7 Å². The number of rotatable bonds is 4. The molecule has 2 heterocycles. The van der Waals surface area contributed by atoms with Crippen molar-refractivity contribution < 1.29 is 0 Å². The Morgan fingerprint density at radius 3 is 2.60 bits per heavy atom. The molecule has 25 heavy (non-hydrogen) atoms. The zero-order valence-corrected chi connectivity index (χ0v) is 14.3. The number of aryl methyl sites for hydroxylation is 1. The number of nitrogens with zero attached hydrogens (tertiary/aromatic N) is 1. The SMILES string of the molecule is CCCc1[nH]c(=O)c(Cc2cnc3ccccc3c2)c2ccccc12. The van der Waals surface area contributed by atoms with Crippen molar-refractivity contribution in [3.05, 3.63) is 88.0 Å². The van der Waals surface area contributed by atoms with Crippen LogP contribution in [0.1, 0.15) is 30.2 Å². The van der Waals surface area contributed by atoms with Crippen molar-refractivity contribution in [1.29, 1.82) is 0 Å². The third kappa shape index (κ3) is 2.93. The molecular weight excluding hydrogens is 308 g/mol. The molecule has 2 aromatic carbocycles. The van der Waals surface area contributed by atoms with E-state index in [1.54, 1.807) is 0 Å². The summed E-state index contributed by atoms with van der Waals surface area (Å²) in [7, 11) is 0. The lowest BCUT2D eigenvalue weighted by Gasteiger charge is -2.11. The second-order valence-electron chi connectivity index (χ2n) is 6.42. The molecule has 1 N–H and O–H groups in total. The monoisotopic (exact) mass is 328 g/mol. The number of H-pyrrole nitrogens is 1. The number of para-hydroxylation sites is 1. The predicted octanol–water partition coefficient (Wildman–Crippen LogP) is 4.62. The number of pyridine rings is 2. The van der Waals surface area contributed by atoms with Gasteiger partial charge in [-0.05, 0) is 29.5 Å². The van der Waals surface area contributed by atoms with Gasteiger partial charge in [0, 0.05) is 34.6 Å². The maximum Gasteiger partial charge on any atom is 0.252 e. The molecule has 0 saturated heterocycles. The summed E-state index contributed by atoms with van der Waals surface area (Å²) in [4.78, 5) is 20.3. The van der Waals surface area contributed by atoms with Gasteiger partial charge in [-0.15, -0.1) is 0 Å². The molecule has 2 aromatic heterocycles. The average Bonchev–Trinajstić information content (AvgIpc) is 2.65.